The minimum absolute atomic E-state index is 0.192. The van der Waals surface area contributed by atoms with Crippen molar-refractivity contribution in [2.24, 2.45) is 0 Å². The molecule has 4 nitrogen and oxygen atoms in total. The molecule has 0 aliphatic rings. The zero-order valence-electron chi connectivity index (χ0n) is 9.97. The topological polar surface area (TPSA) is 54.0 Å². The Morgan fingerprint density at radius 1 is 1.44 bits per heavy atom. The molecule has 0 saturated carbocycles. The number of nitrogens with one attached hydrogen (secondary N) is 2. The van der Waals surface area contributed by atoms with Gasteiger partial charge in [-0.25, -0.2) is 4.98 Å². The van der Waals surface area contributed by atoms with Crippen LogP contribution in [0.5, 0.6) is 0 Å². The van der Waals surface area contributed by atoms with E-state index in [-0.39, 0.29) is 6.54 Å². The number of amides is 1. The molecule has 0 saturated heterocycles. The first-order valence-corrected chi connectivity index (χ1v) is 6.07. The number of carbonyl (C=O) groups is 1. The third-order valence-corrected chi connectivity index (χ3v) is 3.24. The van der Waals surface area contributed by atoms with E-state index in [0.717, 1.165) is 5.01 Å². The van der Waals surface area contributed by atoms with Gasteiger partial charge in [0.05, 0.1) is 12.1 Å². The Morgan fingerprint density at radius 2 is 2.11 bits per heavy atom. The zero-order chi connectivity index (χ0) is 13.8. The van der Waals surface area contributed by atoms with Gasteiger partial charge in [-0.15, -0.1) is 11.3 Å². The summed E-state index contributed by atoms with van der Waals surface area (Å²) >= 11 is 1.41. The van der Waals surface area contributed by atoms with Crippen molar-refractivity contribution in [3.05, 3.63) is 16.6 Å². The molecule has 1 heterocycles. The van der Waals surface area contributed by atoms with E-state index >= 15 is 0 Å². The average molecular weight is 281 g/mol. The molecule has 0 aliphatic heterocycles. The van der Waals surface area contributed by atoms with Gasteiger partial charge in [-0.3, -0.25) is 10.1 Å². The van der Waals surface area contributed by atoms with E-state index in [2.05, 4.69) is 10.3 Å². The fourth-order valence-corrected chi connectivity index (χ4v) is 1.91. The van der Waals surface area contributed by atoms with Gasteiger partial charge in [0.1, 0.15) is 11.6 Å². The summed E-state index contributed by atoms with van der Waals surface area (Å²) in [7, 11) is 0. The van der Waals surface area contributed by atoms with Crippen LogP contribution in [0.4, 0.5) is 13.2 Å². The summed E-state index contributed by atoms with van der Waals surface area (Å²) < 4.78 is 35.6. The van der Waals surface area contributed by atoms with Gasteiger partial charge in [0.25, 0.3) is 0 Å². The van der Waals surface area contributed by atoms with E-state index in [1.165, 1.54) is 11.3 Å². The Labute approximate surface area is 107 Å². The molecule has 0 aromatic carbocycles. The van der Waals surface area contributed by atoms with Crippen LogP contribution in [-0.4, -0.2) is 30.2 Å². The van der Waals surface area contributed by atoms with Crippen molar-refractivity contribution in [2.45, 2.75) is 25.6 Å². The summed E-state index contributed by atoms with van der Waals surface area (Å²) in [6, 6.07) is 0. The van der Waals surface area contributed by atoms with Crippen LogP contribution < -0.4 is 10.6 Å². The standard InChI is InChI=1S/C10H14F3N3OS/c1-9(2,8-14-3-4-18-8)16-5-7(17)15-6-10(11,12)13/h3-4,16H,5-6H2,1-2H3,(H,15,17). The fourth-order valence-electron chi connectivity index (χ4n) is 1.17. The van der Waals surface area contributed by atoms with Gasteiger partial charge in [-0.2, -0.15) is 13.2 Å². The molecule has 18 heavy (non-hydrogen) atoms. The number of hydrogen-bond acceptors (Lipinski definition) is 4. The largest absolute Gasteiger partial charge is 0.405 e. The lowest BCUT2D eigenvalue weighted by Gasteiger charge is -2.23. The lowest BCUT2D eigenvalue weighted by atomic mass is 10.1. The van der Waals surface area contributed by atoms with Crippen molar-refractivity contribution in [2.75, 3.05) is 13.1 Å². The minimum Gasteiger partial charge on any atom is -0.346 e. The van der Waals surface area contributed by atoms with Crippen LogP contribution in [0.2, 0.25) is 0 Å². The third-order valence-electron chi connectivity index (χ3n) is 2.14. The monoisotopic (exact) mass is 281 g/mol. The molecule has 102 valence electrons. The highest BCUT2D eigenvalue weighted by molar-refractivity contribution is 7.09. The second kappa shape index (κ2) is 5.66. The molecule has 0 bridgehead atoms. The molecule has 0 spiro atoms. The lowest BCUT2D eigenvalue weighted by molar-refractivity contribution is -0.138. The van der Waals surface area contributed by atoms with Gasteiger partial charge >= 0.3 is 6.18 Å². The highest BCUT2D eigenvalue weighted by atomic mass is 32.1. The maximum absolute atomic E-state index is 11.9. The number of thiazole rings is 1. The van der Waals surface area contributed by atoms with Crippen LogP contribution in [0.15, 0.2) is 11.6 Å². The number of carbonyl (C=O) groups excluding carboxylic acids is 1. The number of nitrogens with zero attached hydrogens (tertiary/aromatic N) is 1. The maximum atomic E-state index is 11.9. The summed E-state index contributed by atoms with van der Waals surface area (Å²) in [5.41, 5.74) is -0.552. The normalized spacial score (nSPS) is 12.5. The Hall–Kier alpha value is -1.15. The number of halogens is 3. The van der Waals surface area contributed by atoms with Gasteiger partial charge in [0, 0.05) is 11.6 Å². The van der Waals surface area contributed by atoms with Gasteiger partial charge in [-0.05, 0) is 13.8 Å². The SMILES string of the molecule is CC(C)(NCC(=O)NCC(F)(F)F)c1nccs1. The minimum atomic E-state index is -4.39. The van der Waals surface area contributed by atoms with Crippen molar-refractivity contribution in [1.82, 2.24) is 15.6 Å². The number of alkyl halides is 3. The average Bonchev–Trinajstić information content (AvgIpc) is 2.76. The molecule has 0 unspecified atom stereocenters. The van der Waals surface area contributed by atoms with Crippen molar-refractivity contribution < 1.29 is 18.0 Å². The number of rotatable bonds is 5. The summed E-state index contributed by atoms with van der Waals surface area (Å²) in [6.07, 6.45) is -2.76. The van der Waals surface area contributed by atoms with Crippen LogP contribution in [0.3, 0.4) is 0 Å². The molecule has 0 atom stereocenters. The number of aromatic nitrogens is 1. The summed E-state index contributed by atoms with van der Waals surface area (Å²) in [6.45, 7) is 2.11. The van der Waals surface area contributed by atoms with Gasteiger partial charge in [0.15, 0.2) is 0 Å². The first-order chi connectivity index (χ1) is 8.21. The molecular weight excluding hydrogens is 267 g/mol. The number of hydrogen-bond donors (Lipinski definition) is 2. The Morgan fingerprint density at radius 3 is 2.61 bits per heavy atom. The molecule has 8 heteroatoms. The molecule has 2 N–H and O–H groups in total. The van der Waals surface area contributed by atoms with E-state index < -0.39 is 24.2 Å². The molecule has 1 aromatic rings. The van der Waals surface area contributed by atoms with Crippen LogP contribution in [0, 0.1) is 0 Å². The van der Waals surface area contributed by atoms with Crippen molar-refractivity contribution >= 4 is 17.2 Å². The Balaban J connectivity index is 2.39. The van der Waals surface area contributed by atoms with Crippen molar-refractivity contribution in [3.8, 4) is 0 Å². The van der Waals surface area contributed by atoms with E-state index in [4.69, 9.17) is 0 Å². The lowest BCUT2D eigenvalue weighted by Crippen LogP contribution is -2.45. The highest BCUT2D eigenvalue weighted by Gasteiger charge is 2.28. The molecular formula is C10H14F3N3OS. The van der Waals surface area contributed by atoms with Crippen molar-refractivity contribution in [3.63, 3.8) is 0 Å². The first-order valence-electron chi connectivity index (χ1n) is 5.19. The molecule has 0 radical (unpaired) electrons. The van der Waals surface area contributed by atoms with Gasteiger partial charge < -0.3 is 5.32 Å². The molecule has 1 aromatic heterocycles. The molecule has 0 aliphatic carbocycles. The zero-order valence-corrected chi connectivity index (χ0v) is 10.8. The quantitative estimate of drug-likeness (QED) is 0.863. The fraction of sp³-hybridized carbons (Fsp3) is 0.600. The smallest absolute Gasteiger partial charge is 0.346 e. The second-order valence-electron chi connectivity index (χ2n) is 4.21. The maximum Gasteiger partial charge on any atom is 0.405 e. The van der Waals surface area contributed by atoms with E-state index in [0.29, 0.717) is 0 Å². The van der Waals surface area contributed by atoms with Crippen LogP contribution in [-0.2, 0) is 10.3 Å². The van der Waals surface area contributed by atoms with E-state index in [9.17, 15) is 18.0 Å². The molecule has 1 amide bonds. The first kappa shape index (κ1) is 14.9. The Kier molecular flexibility index (Phi) is 4.69. The van der Waals surface area contributed by atoms with Crippen LogP contribution in [0.1, 0.15) is 18.9 Å². The summed E-state index contributed by atoms with van der Waals surface area (Å²) in [5.74, 6) is -0.697. The van der Waals surface area contributed by atoms with Gasteiger partial charge in [0.2, 0.25) is 5.91 Å². The van der Waals surface area contributed by atoms with Crippen LogP contribution >= 0.6 is 11.3 Å². The molecule has 1 rings (SSSR count). The van der Waals surface area contributed by atoms with E-state index in [1.807, 2.05) is 13.8 Å². The third kappa shape index (κ3) is 5.01. The molecule has 0 fully saturated rings. The van der Waals surface area contributed by atoms with E-state index in [1.54, 1.807) is 16.9 Å². The van der Waals surface area contributed by atoms with Crippen LogP contribution in [0.25, 0.3) is 0 Å². The summed E-state index contributed by atoms with van der Waals surface area (Å²) in [5, 5.41) is 7.23. The highest BCUT2D eigenvalue weighted by Crippen LogP contribution is 2.21. The second-order valence-corrected chi connectivity index (χ2v) is 5.10. The summed E-state index contributed by atoms with van der Waals surface area (Å²) in [4.78, 5) is 15.3. The predicted molar refractivity (Wildman–Crippen MR) is 62.2 cm³/mol. The Bertz CT molecular complexity index is 390. The van der Waals surface area contributed by atoms with Gasteiger partial charge in [-0.1, -0.05) is 0 Å². The van der Waals surface area contributed by atoms with Crippen molar-refractivity contribution in [1.29, 1.82) is 0 Å². The predicted octanol–water partition coefficient (Wildman–Crippen LogP) is 1.65.